The van der Waals surface area contributed by atoms with Gasteiger partial charge in [0.15, 0.2) is 17.3 Å². The number of carbonyl (C=O) groups is 1. The van der Waals surface area contributed by atoms with E-state index in [1.165, 1.54) is 26.5 Å². The van der Waals surface area contributed by atoms with Crippen LogP contribution in [0.4, 0.5) is 4.39 Å². The maximum absolute atomic E-state index is 14.9. The highest BCUT2D eigenvalue weighted by molar-refractivity contribution is 6.16. The van der Waals surface area contributed by atoms with Crippen LogP contribution in [-0.2, 0) is 27.6 Å². The first-order valence-electron chi connectivity index (χ1n) is 10.6. The number of rotatable bonds is 10. The molecule has 0 aliphatic rings. The molecule has 0 aromatic heterocycles. The monoisotopic (exact) mass is 463 g/mol. The van der Waals surface area contributed by atoms with E-state index in [0.29, 0.717) is 28.9 Å². The number of nitrogens with zero attached hydrogens (tertiary/aromatic N) is 1. The molecule has 176 valence electrons. The third-order valence-corrected chi connectivity index (χ3v) is 4.98. The second kappa shape index (κ2) is 12.2. The van der Waals surface area contributed by atoms with Crippen LogP contribution in [0.5, 0.6) is 11.5 Å². The fraction of sp³-hybridized carbons (Fsp3) is 0.185. The molecule has 0 fully saturated rings. The molecular formula is C27H26FNO5. The average molecular weight is 464 g/mol. The molecule has 0 radical (unpaired) electrons. The standard InChI is InChI=1S/C27H26FNO5/c1-4-22(27(30)32-3)23-13-9-8-12-21(23)18-33-26-24(28)14-20(15-25(26)31-2)16-29-34-17-19-10-6-5-7-11-19/h4-16H,17-18H2,1-3H3. The minimum atomic E-state index is -0.611. The van der Waals surface area contributed by atoms with Crippen LogP contribution < -0.4 is 9.47 Å². The molecule has 0 aliphatic carbocycles. The van der Waals surface area contributed by atoms with Crippen LogP contribution in [0.25, 0.3) is 5.57 Å². The Morgan fingerprint density at radius 2 is 1.74 bits per heavy atom. The fourth-order valence-electron chi connectivity index (χ4n) is 3.29. The second-order valence-corrected chi connectivity index (χ2v) is 7.17. The summed E-state index contributed by atoms with van der Waals surface area (Å²) in [7, 11) is 2.75. The Balaban J connectivity index is 1.74. The van der Waals surface area contributed by atoms with Gasteiger partial charge < -0.3 is 19.0 Å². The van der Waals surface area contributed by atoms with Crippen molar-refractivity contribution in [1.29, 1.82) is 0 Å². The van der Waals surface area contributed by atoms with Crippen molar-refractivity contribution in [3.05, 3.63) is 101 Å². The normalized spacial score (nSPS) is 11.4. The molecule has 3 aromatic carbocycles. The Morgan fingerprint density at radius 3 is 2.44 bits per heavy atom. The lowest BCUT2D eigenvalue weighted by atomic mass is 10.00. The maximum atomic E-state index is 14.9. The summed E-state index contributed by atoms with van der Waals surface area (Å²) in [5.41, 5.74) is 3.17. The van der Waals surface area contributed by atoms with Gasteiger partial charge in [0, 0.05) is 5.56 Å². The van der Waals surface area contributed by atoms with Gasteiger partial charge in [-0.15, -0.1) is 0 Å². The highest BCUT2D eigenvalue weighted by Crippen LogP contribution is 2.33. The Bertz CT molecular complexity index is 1170. The molecule has 3 aromatic rings. The molecule has 7 heteroatoms. The zero-order valence-electron chi connectivity index (χ0n) is 19.3. The number of carbonyl (C=O) groups excluding carboxylic acids is 1. The summed E-state index contributed by atoms with van der Waals surface area (Å²) in [5, 5.41) is 3.90. The van der Waals surface area contributed by atoms with Crippen molar-refractivity contribution >= 4 is 17.8 Å². The first-order chi connectivity index (χ1) is 16.6. The molecule has 0 N–H and O–H groups in total. The topological polar surface area (TPSA) is 66.4 Å². The third kappa shape index (κ3) is 6.22. The van der Waals surface area contributed by atoms with Gasteiger partial charge in [0.2, 0.25) is 0 Å². The molecule has 3 rings (SSSR count). The van der Waals surface area contributed by atoms with Gasteiger partial charge in [-0.05, 0) is 35.7 Å². The summed E-state index contributed by atoms with van der Waals surface area (Å²) in [5.74, 6) is -0.904. The Labute approximate surface area is 198 Å². The van der Waals surface area contributed by atoms with Crippen molar-refractivity contribution < 1.29 is 28.2 Å². The lowest BCUT2D eigenvalue weighted by Crippen LogP contribution is -2.08. The molecular weight excluding hydrogens is 437 g/mol. The Morgan fingerprint density at radius 1 is 1.00 bits per heavy atom. The van der Waals surface area contributed by atoms with E-state index >= 15 is 0 Å². The molecule has 0 saturated carbocycles. The molecule has 0 saturated heterocycles. The van der Waals surface area contributed by atoms with Crippen LogP contribution in [0, 0.1) is 5.82 Å². The molecule has 0 aliphatic heterocycles. The van der Waals surface area contributed by atoms with E-state index < -0.39 is 11.8 Å². The van der Waals surface area contributed by atoms with Crippen molar-refractivity contribution in [3.8, 4) is 11.5 Å². The summed E-state index contributed by atoms with van der Waals surface area (Å²) < 4.78 is 30.9. The van der Waals surface area contributed by atoms with Gasteiger partial charge >= 0.3 is 5.97 Å². The van der Waals surface area contributed by atoms with Gasteiger partial charge in [-0.1, -0.05) is 65.8 Å². The van der Waals surface area contributed by atoms with Crippen molar-refractivity contribution in [1.82, 2.24) is 0 Å². The van der Waals surface area contributed by atoms with Crippen molar-refractivity contribution in [2.75, 3.05) is 14.2 Å². The smallest absolute Gasteiger partial charge is 0.338 e. The molecule has 6 nitrogen and oxygen atoms in total. The second-order valence-electron chi connectivity index (χ2n) is 7.17. The number of methoxy groups -OCH3 is 2. The number of allylic oxidation sites excluding steroid dienone is 1. The minimum Gasteiger partial charge on any atom is -0.493 e. The van der Waals surface area contributed by atoms with E-state index in [0.717, 1.165) is 5.56 Å². The number of hydrogen-bond acceptors (Lipinski definition) is 6. The average Bonchev–Trinajstić information content (AvgIpc) is 2.87. The van der Waals surface area contributed by atoms with Gasteiger partial charge in [-0.2, -0.15) is 0 Å². The van der Waals surface area contributed by atoms with E-state index in [2.05, 4.69) is 5.16 Å². The summed E-state index contributed by atoms with van der Waals surface area (Å²) in [4.78, 5) is 17.4. The van der Waals surface area contributed by atoms with Gasteiger partial charge in [0.05, 0.1) is 26.0 Å². The molecule has 34 heavy (non-hydrogen) atoms. The van der Waals surface area contributed by atoms with Crippen molar-refractivity contribution in [2.45, 2.75) is 20.1 Å². The number of esters is 1. The molecule has 0 spiro atoms. The molecule has 0 heterocycles. The number of halogens is 1. The van der Waals surface area contributed by atoms with E-state index in [1.54, 1.807) is 37.3 Å². The molecule has 0 unspecified atom stereocenters. The van der Waals surface area contributed by atoms with Crippen LogP contribution in [0.15, 0.2) is 78.0 Å². The summed E-state index contributed by atoms with van der Waals surface area (Å²) in [6.45, 7) is 2.07. The van der Waals surface area contributed by atoms with Gasteiger partial charge in [-0.25, -0.2) is 9.18 Å². The predicted molar refractivity (Wildman–Crippen MR) is 128 cm³/mol. The SMILES string of the molecule is CC=C(C(=O)OC)c1ccccc1COc1c(F)cc(C=NOCc2ccccc2)cc1OC. The van der Waals surface area contributed by atoms with Crippen molar-refractivity contribution in [2.24, 2.45) is 5.16 Å². The zero-order valence-corrected chi connectivity index (χ0v) is 19.3. The third-order valence-electron chi connectivity index (χ3n) is 4.98. The van der Waals surface area contributed by atoms with Crippen molar-refractivity contribution in [3.63, 3.8) is 0 Å². The highest BCUT2D eigenvalue weighted by Gasteiger charge is 2.17. The molecule has 0 amide bonds. The highest BCUT2D eigenvalue weighted by atomic mass is 19.1. The maximum Gasteiger partial charge on any atom is 0.338 e. The van der Waals surface area contributed by atoms with Crippen LogP contribution in [0.1, 0.15) is 29.2 Å². The fourth-order valence-corrected chi connectivity index (χ4v) is 3.29. The summed E-state index contributed by atoms with van der Waals surface area (Å²) in [6, 6.07) is 19.7. The summed E-state index contributed by atoms with van der Waals surface area (Å²) in [6.07, 6.45) is 3.07. The number of hydrogen-bond donors (Lipinski definition) is 0. The van der Waals surface area contributed by atoms with E-state index in [9.17, 15) is 9.18 Å². The minimum absolute atomic E-state index is 0.0193. The lowest BCUT2D eigenvalue weighted by Gasteiger charge is -2.15. The lowest BCUT2D eigenvalue weighted by molar-refractivity contribution is -0.133. The van der Waals surface area contributed by atoms with E-state index in [1.807, 2.05) is 36.4 Å². The van der Waals surface area contributed by atoms with Gasteiger partial charge in [0.1, 0.15) is 13.2 Å². The molecule has 0 bridgehead atoms. The Kier molecular flexibility index (Phi) is 8.80. The predicted octanol–water partition coefficient (Wildman–Crippen LogP) is 5.54. The van der Waals surface area contributed by atoms with E-state index in [4.69, 9.17) is 19.0 Å². The number of benzene rings is 3. The largest absolute Gasteiger partial charge is 0.493 e. The van der Waals surface area contributed by atoms with Gasteiger partial charge in [0.25, 0.3) is 0 Å². The quantitative estimate of drug-likeness (QED) is 0.171. The molecule has 0 atom stereocenters. The summed E-state index contributed by atoms with van der Waals surface area (Å²) >= 11 is 0. The van der Waals surface area contributed by atoms with Crippen LogP contribution in [0.3, 0.4) is 0 Å². The zero-order chi connectivity index (χ0) is 24.3. The Hall–Kier alpha value is -4.13. The number of oxime groups is 1. The first kappa shape index (κ1) is 24.5. The van der Waals surface area contributed by atoms with Crippen LogP contribution in [0.2, 0.25) is 0 Å². The number of ether oxygens (including phenoxy) is 3. The first-order valence-corrected chi connectivity index (χ1v) is 10.6. The van der Waals surface area contributed by atoms with Gasteiger partial charge in [-0.3, -0.25) is 0 Å². The van der Waals surface area contributed by atoms with E-state index in [-0.39, 0.29) is 18.1 Å². The van der Waals surface area contributed by atoms with Crippen LogP contribution >= 0.6 is 0 Å². The van der Waals surface area contributed by atoms with Crippen LogP contribution in [-0.4, -0.2) is 26.4 Å².